The first-order valence-electron chi connectivity index (χ1n) is 6.30. The van der Waals surface area contributed by atoms with Crippen LogP contribution in [0.4, 0.5) is 5.69 Å². The maximum atomic E-state index is 12.0. The molecule has 0 aliphatic carbocycles. The molecule has 2 heterocycles. The monoisotopic (exact) mass is 244 g/mol. The summed E-state index contributed by atoms with van der Waals surface area (Å²) in [5, 5.41) is 0. The Labute approximate surface area is 106 Å². The van der Waals surface area contributed by atoms with Gasteiger partial charge in [0.1, 0.15) is 0 Å². The molecule has 2 atom stereocenters. The number of hydrogen-bond acceptors (Lipinski definition) is 3. The van der Waals surface area contributed by atoms with Crippen molar-refractivity contribution in [3.8, 4) is 0 Å². The number of hydrogen-bond donors (Lipinski definition) is 0. The van der Waals surface area contributed by atoms with Crippen molar-refractivity contribution < 1.29 is 9.59 Å². The van der Waals surface area contributed by atoms with Crippen LogP contribution in [0.15, 0.2) is 24.3 Å². The molecule has 1 amide bonds. The maximum absolute atomic E-state index is 12.0. The molecule has 2 unspecified atom stereocenters. The number of rotatable bonds is 3. The van der Waals surface area contributed by atoms with E-state index in [4.69, 9.17) is 0 Å². The van der Waals surface area contributed by atoms with Gasteiger partial charge >= 0.3 is 0 Å². The van der Waals surface area contributed by atoms with E-state index in [0.29, 0.717) is 18.2 Å². The third-order valence-electron chi connectivity index (χ3n) is 3.61. The number of benzene rings is 1. The molecule has 2 fully saturated rings. The molecule has 2 aliphatic heterocycles. The van der Waals surface area contributed by atoms with Gasteiger partial charge in [0, 0.05) is 36.4 Å². The van der Waals surface area contributed by atoms with Crippen molar-refractivity contribution in [2.45, 2.75) is 25.9 Å². The van der Waals surface area contributed by atoms with Gasteiger partial charge in [-0.05, 0) is 26.0 Å². The quantitative estimate of drug-likeness (QED) is 0.457. The number of anilines is 1. The fraction of sp³-hybridized carbons (Fsp3) is 0.429. The molecule has 0 saturated carbocycles. The molecule has 0 N–H and O–H groups in total. The summed E-state index contributed by atoms with van der Waals surface area (Å²) >= 11 is 0. The van der Waals surface area contributed by atoms with Gasteiger partial charge in [-0.2, -0.15) is 0 Å². The average molecular weight is 244 g/mol. The van der Waals surface area contributed by atoms with E-state index in [-0.39, 0.29) is 11.9 Å². The van der Waals surface area contributed by atoms with Crippen molar-refractivity contribution in [3.63, 3.8) is 0 Å². The molecule has 0 radical (unpaired) electrons. The molecule has 4 heteroatoms. The van der Waals surface area contributed by atoms with E-state index in [1.807, 2.05) is 25.1 Å². The minimum atomic E-state index is -0.393. The number of ketones is 1. The molecular weight excluding hydrogens is 228 g/mol. The summed E-state index contributed by atoms with van der Waals surface area (Å²) < 4.78 is 0. The molecular formula is C14H16N2O2. The lowest BCUT2D eigenvalue weighted by molar-refractivity contribution is -0.121. The zero-order chi connectivity index (χ0) is 12.9. The van der Waals surface area contributed by atoms with Crippen LogP contribution in [0, 0.1) is 0 Å². The molecule has 1 aromatic rings. The Kier molecular flexibility index (Phi) is 2.40. The number of nitrogens with zero attached hydrogens (tertiary/aromatic N) is 2. The highest BCUT2D eigenvalue weighted by molar-refractivity contribution is 6.43. The Morgan fingerprint density at radius 2 is 1.83 bits per heavy atom. The topological polar surface area (TPSA) is 40.2 Å². The van der Waals surface area contributed by atoms with Crippen LogP contribution in [-0.4, -0.2) is 41.8 Å². The Morgan fingerprint density at radius 3 is 2.39 bits per heavy atom. The smallest absolute Gasteiger partial charge is 0.295 e. The Hall–Kier alpha value is -1.84. The minimum Gasteiger partial charge on any atom is -0.365 e. The third-order valence-corrected chi connectivity index (χ3v) is 3.61. The second-order valence-corrected chi connectivity index (χ2v) is 5.19. The van der Waals surface area contributed by atoms with E-state index >= 15 is 0 Å². The van der Waals surface area contributed by atoms with Gasteiger partial charge in [0.25, 0.3) is 5.91 Å². The number of Topliss-reactive ketones (excluding diaryl/α,β-unsaturated/α-hetero) is 1. The Bertz CT molecular complexity index is 526. The number of amides is 1. The molecule has 0 bridgehead atoms. The van der Waals surface area contributed by atoms with E-state index in [1.54, 1.807) is 11.0 Å². The summed E-state index contributed by atoms with van der Waals surface area (Å²) in [6.45, 7) is 5.80. The van der Waals surface area contributed by atoms with Gasteiger partial charge in [0.05, 0.1) is 0 Å². The first kappa shape index (κ1) is 11.3. The van der Waals surface area contributed by atoms with Crippen LogP contribution in [0.1, 0.15) is 24.2 Å². The van der Waals surface area contributed by atoms with Crippen LogP contribution in [0.25, 0.3) is 0 Å². The largest absolute Gasteiger partial charge is 0.365 e. The Morgan fingerprint density at radius 1 is 1.17 bits per heavy atom. The van der Waals surface area contributed by atoms with E-state index in [0.717, 1.165) is 12.2 Å². The molecule has 2 saturated heterocycles. The van der Waals surface area contributed by atoms with Crippen LogP contribution in [0.5, 0.6) is 0 Å². The van der Waals surface area contributed by atoms with Crippen molar-refractivity contribution in [1.29, 1.82) is 0 Å². The molecule has 1 aromatic carbocycles. The van der Waals surface area contributed by atoms with Crippen LogP contribution in [-0.2, 0) is 4.79 Å². The molecule has 2 aliphatic rings. The molecule has 3 rings (SSSR count). The molecule has 0 aromatic heterocycles. The van der Waals surface area contributed by atoms with Gasteiger partial charge in [0.15, 0.2) is 0 Å². The Balaban J connectivity index is 1.79. The zero-order valence-electron chi connectivity index (χ0n) is 10.6. The molecule has 4 nitrogen and oxygen atoms in total. The molecule has 18 heavy (non-hydrogen) atoms. The number of carbonyl (C=O) groups excluding carboxylic acids is 2. The van der Waals surface area contributed by atoms with Crippen molar-refractivity contribution in [1.82, 2.24) is 4.90 Å². The summed E-state index contributed by atoms with van der Waals surface area (Å²) in [4.78, 5) is 27.7. The van der Waals surface area contributed by atoms with Crippen molar-refractivity contribution in [2.75, 3.05) is 18.0 Å². The SMILES string of the molecule is CC1CN1C(=O)C(=O)c1cccc(N2CC2C)c1. The standard InChI is InChI=1S/C14H16N2O2/c1-9-7-15(9)12-5-3-4-11(6-12)13(17)14(18)16-8-10(16)2/h3-6,9-10H,7-8H2,1-2H3. The summed E-state index contributed by atoms with van der Waals surface area (Å²) in [7, 11) is 0. The van der Waals surface area contributed by atoms with Crippen LogP contribution in [0.3, 0.4) is 0 Å². The normalized spacial score (nSPS) is 25.0. The van der Waals surface area contributed by atoms with E-state index in [2.05, 4.69) is 11.8 Å². The zero-order valence-corrected chi connectivity index (χ0v) is 10.6. The van der Waals surface area contributed by atoms with Crippen molar-refractivity contribution in [3.05, 3.63) is 29.8 Å². The summed E-state index contributed by atoms with van der Waals surface area (Å²) in [6.07, 6.45) is 0. The van der Waals surface area contributed by atoms with Crippen LogP contribution >= 0.6 is 0 Å². The highest BCUT2D eigenvalue weighted by Crippen LogP contribution is 2.28. The van der Waals surface area contributed by atoms with Gasteiger partial charge in [-0.15, -0.1) is 0 Å². The fourth-order valence-corrected chi connectivity index (χ4v) is 2.20. The van der Waals surface area contributed by atoms with Crippen LogP contribution < -0.4 is 4.90 Å². The number of carbonyl (C=O) groups is 2. The van der Waals surface area contributed by atoms with Gasteiger partial charge in [-0.3, -0.25) is 9.59 Å². The lowest BCUT2D eigenvalue weighted by Gasteiger charge is -2.06. The first-order chi connectivity index (χ1) is 8.58. The second kappa shape index (κ2) is 3.83. The van der Waals surface area contributed by atoms with E-state index in [1.165, 1.54) is 0 Å². The summed E-state index contributed by atoms with van der Waals surface area (Å²) in [6, 6.07) is 8.11. The predicted octanol–water partition coefficient (Wildman–Crippen LogP) is 1.31. The van der Waals surface area contributed by atoms with Gasteiger partial charge in [-0.25, -0.2) is 0 Å². The minimum absolute atomic E-state index is 0.219. The molecule has 0 spiro atoms. The van der Waals surface area contributed by atoms with Gasteiger partial charge < -0.3 is 9.80 Å². The lowest BCUT2D eigenvalue weighted by Crippen LogP contribution is -2.23. The lowest BCUT2D eigenvalue weighted by atomic mass is 10.1. The van der Waals surface area contributed by atoms with Crippen molar-refractivity contribution >= 4 is 17.4 Å². The summed E-state index contributed by atoms with van der Waals surface area (Å²) in [5.41, 5.74) is 1.52. The maximum Gasteiger partial charge on any atom is 0.295 e. The third kappa shape index (κ3) is 1.88. The van der Waals surface area contributed by atoms with Gasteiger partial charge in [-0.1, -0.05) is 12.1 Å². The van der Waals surface area contributed by atoms with Crippen molar-refractivity contribution in [2.24, 2.45) is 0 Å². The summed E-state index contributed by atoms with van der Waals surface area (Å²) in [5.74, 6) is -0.769. The highest BCUT2D eigenvalue weighted by atomic mass is 16.2. The second-order valence-electron chi connectivity index (χ2n) is 5.19. The van der Waals surface area contributed by atoms with E-state index < -0.39 is 5.78 Å². The van der Waals surface area contributed by atoms with Crippen LogP contribution in [0.2, 0.25) is 0 Å². The molecule has 94 valence electrons. The van der Waals surface area contributed by atoms with Gasteiger partial charge in [0.2, 0.25) is 5.78 Å². The predicted molar refractivity (Wildman–Crippen MR) is 68.8 cm³/mol. The van der Waals surface area contributed by atoms with E-state index in [9.17, 15) is 9.59 Å². The highest BCUT2D eigenvalue weighted by Gasteiger charge is 2.38. The fourth-order valence-electron chi connectivity index (χ4n) is 2.20. The average Bonchev–Trinajstić information content (AvgIpc) is 3.27. The first-order valence-corrected chi connectivity index (χ1v) is 6.30.